The molecule has 0 aliphatic carbocycles. The number of alkyl halides is 3. The van der Waals surface area contributed by atoms with Gasteiger partial charge in [0.15, 0.2) is 0 Å². The lowest BCUT2D eigenvalue weighted by Crippen LogP contribution is -2.49. The van der Waals surface area contributed by atoms with E-state index in [0.29, 0.717) is 11.1 Å². The van der Waals surface area contributed by atoms with Crippen LogP contribution in [0.4, 0.5) is 13.2 Å². The summed E-state index contributed by atoms with van der Waals surface area (Å²) in [6, 6.07) is 14.3. The first kappa shape index (κ1) is 21.8. The molecule has 0 heterocycles. The molecule has 26 heavy (non-hydrogen) atoms. The Morgan fingerprint density at radius 1 is 1.08 bits per heavy atom. The van der Waals surface area contributed by atoms with Crippen LogP contribution in [0.15, 0.2) is 54.6 Å². The monoisotopic (exact) mass is 388 g/mol. The Morgan fingerprint density at radius 2 is 1.62 bits per heavy atom. The van der Waals surface area contributed by atoms with Gasteiger partial charge in [0.05, 0.1) is 0 Å². The number of amides is 1. The Balaban J connectivity index is 0.00000338. The first-order chi connectivity index (χ1) is 11.6. The summed E-state index contributed by atoms with van der Waals surface area (Å²) in [5, 5.41) is 0. The Kier molecular flexibility index (Phi) is 7.06. The molecule has 142 valence electrons. The molecule has 2 aromatic carbocycles. The van der Waals surface area contributed by atoms with Crippen molar-refractivity contribution >= 4 is 18.3 Å². The number of nitrogens with two attached hydrogens (primary N) is 1. The predicted octanol–water partition coefficient (Wildman–Crippen LogP) is 3.84. The van der Waals surface area contributed by atoms with Crippen LogP contribution in [0.5, 0.6) is 5.75 Å². The number of hydrogen-bond acceptors (Lipinski definition) is 3. The quantitative estimate of drug-likeness (QED) is 0.846. The van der Waals surface area contributed by atoms with Crippen LogP contribution in [0.25, 0.3) is 0 Å². The van der Waals surface area contributed by atoms with Crippen molar-refractivity contribution < 1.29 is 22.7 Å². The maximum Gasteiger partial charge on any atom is 0.573 e. The molecular formula is C18H20ClF3N2O2. The maximum atomic E-state index is 12.7. The zero-order valence-corrected chi connectivity index (χ0v) is 15.1. The van der Waals surface area contributed by atoms with Crippen molar-refractivity contribution in [1.82, 2.24) is 4.90 Å². The van der Waals surface area contributed by atoms with E-state index in [9.17, 15) is 18.0 Å². The molecular weight excluding hydrogens is 369 g/mol. The van der Waals surface area contributed by atoms with Crippen LogP contribution < -0.4 is 10.5 Å². The average molecular weight is 389 g/mol. The molecule has 0 bridgehead atoms. The van der Waals surface area contributed by atoms with Gasteiger partial charge in [0, 0.05) is 13.6 Å². The third-order valence-electron chi connectivity index (χ3n) is 3.74. The normalized spacial score (nSPS) is 13.3. The van der Waals surface area contributed by atoms with Gasteiger partial charge in [-0.3, -0.25) is 4.79 Å². The first-order valence-corrected chi connectivity index (χ1v) is 7.54. The van der Waals surface area contributed by atoms with E-state index in [4.69, 9.17) is 5.73 Å². The lowest BCUT2D eigenvalue weighted by Gasteiger charge is -2.29. The summed E-state index contributed by atoms with van der Waals surface area (Å²) in [4.78, 5) is 14.1. The second-order valence-corrected chi connectivity index (χ2v) is 5.92. The van der Waals surface area contributed by atoms with E-state index in [2.05, 4.69) is 4.74 Å². The zero-order valence-electron chi connectivity index (χ0n) is 14.3. The van der Waals surface area contributed by atoms with Gasteiger partial charge in [-0.2, -0.15) is 0 Å². The highest BCUT2D eigenvalue weighted by atomic mass is 35.5. The van der Waals surface area contributed by atoms with Gasteiger partial charge in [-0.25, -0.2) is 0 Å². The summed E-state index contributed by atoms with van der Waals surface area (Å²) in [6.07, 6.45) is -4.73. The standard InChI is InChI=1S/C18H19F3N2O2.ClH/c1-17(22,14-6-4-3-5-7-14)16(24)23(2)12-13-8-10-15(11-9-13)25-18(19,20)21;/h3-11H,12,22H2,1-2H3;1H. The number of hydrogen-bond donors (Lipinski definition) is 1. The molecule has 0 saturated heterocycles. The van der Waals surface area contributed by atoms with Crippen LogP contribution in [-0.4, -0.2) is 24.2 Å². The van der Waals surface area contributed by atoms with Gasteiger partial charge in [0.25, 0.3) is 0 Å². The number of carbonyl (C=O) groups excluding carboxylic acids is 1. The molecule has 0 saturated carbocycles. The molecule has 1 unspecified atom stereocenters. The average Bonchev–Trinajstić information content (AvgIpc) is 2.55. The second kappa shape index (κ2) is 8.42. The minimum Gasteiger partial charge on any atom is -0.406 e. The zero-order chi connectivity index (χ0) is 18.7. The van der Waals surface area contributed by atoms with Gasteiger partial charge in [-0.1, -0.05) is 42.5 Å². The van der Waals surface area contributed by atoms with Crippen LogP contribution in [0.2, 0.25) is 0 Å². The number of benzene rings is 2. The SMILES string of the molecule is CN(Cc1ccc(OC(F)(F)F)cc1)C(=O)C(C)(N)c1ccccc1.Cl. The fourth-order valence-corrected chi connectivity index (χ4v) is 2.45. The predicted molar refractivity (Wildman–Crippen MR) is 94.8 cm³/mol. The summed E-state index contributed by atoms with van der Waals surface area (Å²) in [6.45, 7) is 1.84. The molecule has 0 aliphatic rings. The third-order valence-corrected chi connectivity index (χ3v) is 3.74. The van der Waals surface area contributed by atoms with Crippen molar-refractivity contribution in [3.63, 3.8) is 0 Å². The molecule has 2 N–H and O–H groups in total. The van der Waals surface area contributed by atoms with Crippen molar-refractivity contribution in [3.8, 4) is 5.75 Å². The molecule has 8 heteroatoms. The van der Waals surface area contributed by atoms with Crippen molar-refractivity contribution in [2.75, 3.05) is 7.05 Å². The minimum absolute atomic E-state index is 0. The summed E-state index contributed by atoms with van der Waals surface area (Å²) in [5.41, 5.74) is 6.34. The molecule has 0 aliphatic heterocycles. The topological polar surface area (TPSA) is 55.6 Å². The Bertz CT molecular complexity index is 719. The lowest BCUT2D eigenvalue weighted by atomic mass is 9.91. The molecule has 1 atom stereocenters. The van der Waals surface area contributed by atoms with E-state index in [-0.39, 0.29) is 30.6 Å². The highest BCUT2D eigenvalue weighted by molar-refractivity contribution is 5.86. The van der Waals surface area contributed by atoms with Gasteiger partial charge in [0.2, 0.25) is 5.91 Å². The molecule has 2 aromatic rings. The number of halogens is 4. The van der Waals surface area contributed by atoms with Crippen molar-refractivity contribution in [2.24, 2.45) is 5.73 Å². The van der Waals surface area contributed by atoms with Crippen LogP contribution in [0.1, 0.15) is 18.1 Å². The highest BCUT2D eigenvalue weighted by Gasteiger charge is 2.33. The van der Waals surface area contributed by atoms with E-state index in [1.165, 1.54) is 29.2 Å². The van der Waals surface area contributed by atoms with Crippen LogP contribution in [0, 0.1) is 0 Å². The molecule has 0 aromatic heterocycles. The Hall–Kier alpha value is -2.25. The molecule has 2 rings (SSSR count). The van der Waals surface area contributed by atoms with Crippen molar-refractivity contribution in [2.45, 2.75) is 25.4 Å². The molecule has 0 fully saturated rings. The largest absolute Gasteiger partial charge is 0.573 e. The summed E-state index contributed by atoms with van der Waals surface area (Å²) in [5.74, 6) is -0.604. The summed E-state index contributed by atoms with van der Waals surface area (Å²) in [7, 11) is 1.59. The van der Waals surface area contributed by atoms with E-state index in [1.807, 2.05) is 6.07 Å². The van der Waals surface area contributed by atoms with E-state index >= 15 is 0 Å². The maximum absolute atomic E-state index is 12.7. The molecule has 1 amide bonds. The fraction of sp³-hybridized carbons (Fsp3) is 0.278. The highest BCUT2D eigenvalue weighted by Crippen LogP contribution is 2.24. The van der Waals surface area contributed by atoms with Crippen molar-refractivity contribution in [3.05, 3.63) is 65.7 Å². The van der Waals surface area contributed by atoms with Gasteiger partial charge >= 0.3 is 6.36 Å². The van der Waals surface area contributed by atoms with Gasteiger partial charge in [-0.05, 0) is 30.2 Å². The minimum atomic E-state index is -4.73. The third kappa shape index (κ3) is 5.64. The van der Waals surface area contributed by atoms with Gasteiger partial charge < -0.3 is 15.4 Å². The molecule has 0 spiro atoms. The fourth-order valence-electron chi connectivity index (χ4n) is 2.45. The van der Waals surface area contributed by atoms with Gasteiger partial charge in [0.1, 0.15) is 11.3 Å². The van der Waals surface area contributed by atoms with E-state index < -0.39 is 11.9 Å². The Morgan fingerprint density at radius 3 is 2.12 bits per heavy atom. The number of rotatable bonds is 5. The van der Waals surface area contributed by atoms with Gasteiger partial charge in [-0.15, -0.1) is 25.6 Å². The van der Waals surface area contributed by atoms with Crippen molar-refractivity contribution in [1.29, 1.82) is 0 Å². The van der Waals surface area contributed by atoms with E-state index in [0.717, 1.165) is 0 Å². The van der Waals surface area contributed by atoms with E-state index in [1.54, 1.807) is 38.2 Å². The summed E-state index contributed by atoms with van der Waals surface area (Å²) >= 11 is 0. The number of ether oxygens (including phenoxy) is 1. The Labute approximate surface area is 156 Å². The number of carbonyl (C=O) groups is 1. The molecule has 4 nitrogen and oxygen atoms in total. The lowest BCUT2D eigenvalue weighted by molar-refractivity contribution is -0.274. The number of nitrogens with zero attached hydrogens (tertiary/aromatic N) is 1. The summed E-state index contributed by atoms with van der Waals surface area (Å²) < 4.78 is 40.3. The molecule has 0 radical (unpaired) electrons. The smallest absolute Gasteiger partial charge is 0.406 e. The first-order valence-electron chi connectivity index (χ1n) is 7.54. The number of likely N-dealkylation sites (N-methyl/N-ethyl adjacent to an activating group) is 1. The van der Waals surface area contributed by atoms with Crippen LogP contribution in [0.3, 0.4) is 0 Å². The van der Waals surface area contributed by atoms with Crippen LogP contribution in [-0.2, 0) is 16.9 Å². The van der Waals surface area contributed by atoms with Crippen LogP contribution >= 0.6 is 12.4 Å². The second-order valence-electron chi connectivity index (χ2n) is 5.92.